The maximum atomic E-state index is 16.9. The van der Waals surface area contributed by atoms with Crippen molar-refractivity contribution in [1.29, 1.82) is 0 Å². The van der Waals surface area contributed by atoms with Crippen LogP contribution in [0.1, 0.15) is 43.4 Å². The molecule has 5 aliphatic rings. The Morgan fingerprint density at radius 3 is 2.77 bits per heavy atom. The van der Waals surface area contributed by atoms with Gasteiger partial charge in [-0.3, -0.25) is 9.21 Å². The summed E-state index contributed by atoms with van der Waals surface area (Å²) in [5.41, 5.74) is -0.000465. The molecular weight excluding hydrogens is 574 g/mol. The van der Waals surface area contributed by atoms with E-state index < -0.39 is 28.5 Å². The van der Waals surface area contributed by atoms with Crippen molar-refractivity contribution in [1.82, 2.24) is 24.5 Å². The van der Waals surface area contributed by atoms with E-state index in [0.29, 0.717) is 42.8 Å². The van der Waals surface area contributed by atoms with Crippen LogP contribution in [-0.2, 0) is 11.0 Å². The van der Waals surface area contributed by atoms with Gasteiger partial charge in [0.2, 0.25) is 0 Å². The van der Waals surface area contributed by atoms with Gasteiger partial charge >= 0.3 is 6.01 Å². The van der Waals surface area contributed by atoms with Crippen molar-refractivity contribution in [3.63, 3.8) is 0 Å². The quantitative estimate of drug-likeness (QED) is 0.449. The zero-order valence-electron chi connectivity index (χ0n) is 23.9. The third kappa shape index (κ3) is 4.40. The summed E-state index contributed by atoms with van der Waals surface area (Å²) >= 11 is 0. The van der Waals surface area contributed by atoms with Crippen LogP contribution in [0.2, 0.25) is 0 Å². The number of halogens is 2. The van der Waals surface area contributed by atoms with Crippen molar-refractivity contribution in [2.75, 3.05) is 44.7 Å². The molecule has 9 nitrogen and oxygen atoms in total. The van der Waals surface area contributed by atoms with E-state index in [2.05, 4.69) is 20.1 Å². The van der Waals surface area contributed by atoms with Gasteiger partial charge in [0.25, 0.3) is 0 Å². The molecule has 4 saturated heterocycles. The predicted molar refractivity (Wildman–Crippen MR) is 160 cm³/mol. The van der Waals surface area contributed by atoms with Crippen molar-refractivity contribution in [2.45, 2.75) is 60.8 Å². The summed E-state index contributed by atoms with van der Waals surface area (Å²) in [6, 6.07) is 11.0. The molecule has 2 N–H and O–H groups in total. The molecule has 8 rings (SSSR count). The normalized spacial score (nSPS) is 30.3. The van der Waals surface area contributed by atoms with Crippen LogP contribution >= 0.6 is 0 Å². The Morgan fingerprint density at radius 1 is 1.16 bits per heavy atom. The molecule has 2 bridgehead atoms. The smallest absolute Gasteiger partial charge is 0.319 e. The zero-order valence-corrected chi connectivity index (χ0v) is 24.7. The highest BCUT2D eigenvalue weighted by Crippen LogP contribution is 2.46. The lowest BCUT2D eigenvalue weighted by atomic mass is 9.95. The number of hydrogen-bond acceptors (Lipinski definition) is 8. The van der Waals surface area contributed by atoms with E-state index in [9.17, 15) is 13.7 Å². The molecule has 226 valence electrons. The maximum absolute atomic E-state index is 16.9. The predicted octanol–water partition coefficient (Wildman–Crippen LogP) is 3.99. The number of nitrogens with one attached hydrogen (secondary N) is 1. The molecule has 12 heteroatoms. The SMILES string of the molecule is CN1C(c2cc(O)cc3ccccc23)=C(F)c2nc(OC[C@@]34CCCN3C[C@H](F)C4)nc(N3CC4CCC(C3)N4)c2S1=O. The Morgan fingerprint density at radius 2 is 1.95 bits per heavy atom. The van der Waals surface area contributed by atoms with E-state index in [4.69, 9.17) is 9.72 Å². The van der Waals surface area contributed by atoms with Gasteiger partial charge in [-0.25, -0.2) is 13.0 Å². The molecule has 4 fully saturated rings. The molecule has 43 heavy (non-hydrogen) atoms. The van der Waals surface area contributed by atoms with Gasteiger partial charge in [0.15, 0.2) is 22.6 Å². The van der Waals surface area contributed by atoms with E-state index in [0.717, 1.165) is 37.6 Å². The van der Waals surface area contributed by atoms with Crippen LogP contribution in [0.25, 0.3) is 22.3 Å². The van der Waals surface area contributed by atoms with Crippen molar-refractivity contribution >= 4 is 39.1 Å². The van der Waals surface area contributed by atoms with Gasteiger partial charge in [0, 0.05) is 50.7 Å². The molecule has 3 aromatic rings. The summed E-state index contributed by atoms with van der Waals surface area (Å²) in [5, 5.41) is 15.6. The number of aromatic hydroxyl groups is 1. The molecule has 5 atom stereocenters. The number of phenolic OH excluding ortho intramolecular Hbond substituents is 1. The number of hydrogen-bond donors (Lipinski definition) is 2. The lowest BCUT2D eigenvalue weighted by Crippen LogP contribution is -2.52. The average Bonchev–Trinajstić information content (AvgIpc) is 3.64. The minimum absolute atomic E-state index is 0.0000160. The standard InChI is InChI=1S/C31H34F2N6O3S/c1-37-27(24-12-22(40)11-18-5-2-3-6-23(18)24)25(33)26-28(43(37)41)29(38-15-20-7-8-21(16-38)34-20)36-30(35-26)42-17-31-9-4-10-39(31)14-19(32)13-31/h2-3,5-6,11-12,19-21,34,40H,4,7-10,13-17H2,1H3/t19-,20?,21?,31+,43?/m1/s1. The van der Waals surface area contributed by atoms with Crippen LogP contribution < -0.4 is 15.0 Å². The zero-order chi connectivity index (χ0) is 29.5. The van der Waals surface area contributed by atoms with Crippen LogP contribution in [0.15, 0.2) is 41.3 Å². The molecule has 0 radical (unpaired) electrons. The molecule has 2 aromatic carbocycles. The number of phenols is 1. The van der Waals surface area contributed by atoms with Crippen molar-refractivity contribution in [3.8, 4) is 11.8 Å². The van der Waals surface area contributed by atoms with Gasteiger partial charge in [-0.2, -0.15) is 9.97 Å². The summed E-state index contributed by atoms with van der Waals surface area (Å²) in [6.07, 6.45) is 3.35. The molecule has 1 aromatic heterocycles. The first-order valence-corrected chi connectivity index (χ1v) is 16.1. The number of nitrogens with zero attached hydrogens (tertiary/aromatic N) is 5. The summed E-state index contributed by atoms with van der Waals surface area (Å²) < 4.78 is 53.2. The Balaban J connectivity index is 1.27. The number of rotatable bonds is 5. The molecule has 0 spiro atoms. The number of aromatic nitrogens is 2. The number of benzene rings is 2. The Hall–Kier alpha value is -3.35. The van der Waals surface area contributed by atoms with Crippen LogP contribution in [0.4, 0.5) is 14.6 Å². The second-order valence-electron chi connectivity index (χ2n) is 12.5. The average molecular weight is 609 g/mol. The fraction of sp³-hybridized carbons (Fsp3) is 0.484. The largest absolute Gasteiger partial charge is 0.508 e. The molecule has 6 heterocycles. The second-order valence-corrected chi connectivity index (χ2v) is 14.0. The van der Waals surface area contributed by atoms with Crippen LogP contribution in [-0.4, -0.2) is 92.1 Å². The maximum Gasteiger partial charge on any atom is 0.319 e. The molecule has 0 aliphatic carbocycles. The van der Waals surface area contributed by atoms with Crippen molar-refractivity contribution in [2.24, 2.45) is 0 Å². The summed E-state index contributed by atoms with van der Waals surface area (Å²) in [6.45, 7) is 2.73. The van der Waals surface area contributed by atoms with Gasteiger partial charge < -0.3 is 20.1 Å². The van der Waals surface area contributed by atoms with E-state index >= 15 is 4.39 Å². The highest BCUT2D eigenvalue weighted by atomic mass is 32.2. The first-order valence-electron chi connectivity index (χ1n) is 15.0. The van der Waals surface area contributed by atoms with E-state index in [-0.39, 0.29) is 46.7 Å². The van der Waals surface area contributed by atoms with Crippen molar-refractivity contribution in [3.05, 3.63) is 47.7 Å². The van der Waals surface area contributed by atoms with Gasteiger partial charge in [0.1, 0.15) is 29.1 Å². The molecular formula is C31H34F2N6O3S. The molecule has 0 amide bonds. The highest BCUT2D eigenvalue weighted by molar-refractivity contribution is 7.83. The number of fused-ring (bicyclic) bond motifs is 5. The Bertz CT molecular complexity index is 1680. The van der Waals surface area contributed by atoms with Crippen molar-refractivity contribution < 1.29 is 22.8 Å². The topological polar surface area (TPSA) is 94.1 Å². The lowest BCUT2D eigenvalue weighted by Gasteiger charge is -2.37. The van der Waals surface area contributed by atoms with E-state index in [1.807, 2.05) is 24.3 Å². The monoisotopic (exact) mass is 608 g/mol. The van der Waals surface area contributed by atoms with Gasteiger partial charge in [-0.05, 0) is 55.1 Å². The Kier molecular flexibility index (Phi) is 6.39. The minimum atomic E-state index is -1.85. The summed E-state index contributed by atoms with van der Waals surface area (Å²) in [7, 11) is -0.260. The number of piperazine rings is 1. The molecule has 3 unspecified atom stereocenters. The lowest BCUT2D eigenvalue weighted by molar-refractivity contribution is 0.107. The van der Waals surface area contributed by atoms with E-state index in [1.54, 1.807) is 13.1 Å². The first-order chi connectivity index (χ1) is 20.8. The first kappa shape index (κ1) is 27.2. The van der Waals surface area contributed by atoms with Gasteiger partial charge in [-0.1, -0.05) is 24.3 Å². The molecule has 0 saturated carbocycles. The second kappa shape index (κ2) is 10.1. The van der Waals surface area contributed by atoms with Crippen LogP contribution in [0.5, 0.6) is 11.8 Å². The fourth-order valence-electron chi connectivity index (χ4n) is 7.87. The fourth-order valence-corrected chi connectivity index (χ4v) is 9.12. The number of alkyl halides is 1. The summed E-state index contributed by atoms with van der Waals surface area (Å²) in [4.78, 5) is 13.8. The third-order valence-electron chi connectivity index (χ3n) is 9.83. The van der Waals surface area contributed by atoms with Crippen LogP contribution in [0.3, 0.4) is 0 Å². The van der Waals surface area contributed by atoms with Gasteiger partial charge in [0.05, 0.1) is 11.2 Å². The van der Waals surface area contributed by atoms with E-state index in [1.165, 1.54) is 10.4 Å². The number of anilines is 1. The number of ether oxygens (including phenoxy) is 1. The third-order valence-corrected chi connectivity index (χ3v) is 11.2. The highest BCUT2D eigenvalue weighted by Gasteiger charge is 2.49. The molecule has 5 aliphatic heterocycles. The van der Waals surface area contributed by atoms with Gasteiger partial charge in [-0.15, -0.1) is 0 Å². The Labute approximate surface area is 251 Å². The minimum Gasteiger partial charge on any atom is -0.508 e. The van der Waals surface area contributed by atoms with Crippen LogP contribution in [0, 0.1) is 0 Å². The summed E-state index contributed by atoms with van der Waals surface area (Å²) in [5.74, 6) is -0.273.